The van der Waals surface area contributed by atoms with Gasteiger partial charge in [-0.15, -0.1) is 0 Å². The Balaban J connectivity index is 2.04. The summed E-state index contributed by atoms with van der Waals surface area (Å²) in [6, 6.07) is 2.70. The molecular weight excluding hydrogens is 176 g/mol. The fourth-order valence-corrected chi connectivity index (χ4v) is 1.99. The van der Waals surface area contributed by atoms with Crippen LogP contribution in [0.4, 0.5) is 5.82 Å². The highest BCUT2D eigenvalue weighted by Gasteiger charge is 2.19. The van der Waals surface area contributed by atoms with Crippen LogP contribution in [0.2, 0.25) is 0 Å². The predicted octanol–water partition coefficient (Wildman–Crippen LogP) is 0.608. The molecule has 1 aromatic heterocycles. The first-order chi connectivity index (χ1) is 6.79. The maximum atomic E-state index is 4.42. The number of aromatic nitrogens is 2. The summed E-state index contributed by atoms with van der Waals surface area (Å²) >= 11 is 0. The van der Waals surface area contributed by atoms with Crippen LogP contribution in [0.15, 0.2) is 12.3 Å². The summed E-state index contributed by atoms with van der Waals surface area (Å²) < 4.78 is 1.86. The normalized spacial score (nSPS) is 22.7. The molecule has 0 amide bonds. The van der Waals surface area contributed by atoms with Gasteiger partial charge in [-0.25, -0.2) is 0 Å². The lowest BCUT2D eigenvalue weighted by Gasteiger charge is -2.32. The van der Waals surface area contributed by atoms with E-state index in [4.69, 9.17) is 0 Å². The van der Waals surface area contributed by atoms with E-state index in [9.17, 15) is 0 Å². The number of aryl methyl sites for hydroxylation is 1. The number of hydrogen-bond donors (Lipinski definition) is 1. The summed E-state index contributed by atoms with van der Waals surface area (Å²) in [6.07, 6.45) is 4.53. The summed E-state index contributed by atoms with van der Waals surface area (Å²) in [5, 5.41) is 7.75. The van der Waals surface area contributed by atoms with Crippen LogP contribution in [0, 0.1) is 0 Å². The van der Waals surface area contributed by atoms with E-state index >= 15 is 0 Å². The number of piperidine rings is 1. The van der Waals surface area contributed by atoms with Crippen molar-refractivity contribution < 1.29 is 0 Å². The van der Waals surface area contributed by atoms with Gasteiger partial charge in [-0.3, -0.25) is 4.68 Å². The molecule has 1 aliphatic heterocycles. The average molecular weight is 194 g/mol. The van der Waals surface area contributed by atoms with Crippen molar-refractivity contribution >= 4 is 5.82 Å². The molecule has 14 heavy (non-hydrogen) atoms. The Bertz CT molecular complexity index is 294. The Morgan fingerprint density at radius 3 is 3.07 bits per heavy atom. The van der Waals surface area contributed by atoms with Gasteiger partial charge in [0.1, 0.15) is 0 Å². The van der Waals surface area contributed by atoms with E-state index in [0.29, 0.717) is 6.04 Å². The van der Waals surface area contributed by atoms with Crippen LogP contribution < -0.4 is 10.2 Å². The summed E-state index contributed by atoms with van der Waals surface area (Å²) in [6.45, 7) is 2.21. The fourth-order valence-electron chi connectivity index (χ4n) is 1.99. The summed E-state index contributed by atoms with van der Waals surface area (Å²) in [7, 11) is 4.00. The summed E-state index contributed by atoms with van der Waals surface area (Å²) in [5.74, 6) is 1.10. The molecule has 1 aliphatic rings. The standard InChI is InChI=1S/C10H18N4/c1-11-9-4-3-6-14(8-9)10-5-7-13(2)12-10/h5,7,9,11H,3-4,6,8H2,1-2H3. The molecule has 78 valence electrons. The highest BCUT2D eigenvalue weighted by atomic mass is 15.3. The van der Waals surface area contributed by atoms with E-state index < -0.39 is 0 Å². The number of anilines is 1. The van der Waals surface area contributed by atoms with Crippen LogP contribution in [0.5, 0.6) is 0 Å². The molecule has 0 radical (unpaired) electrons. The molecule has 4 nitrogen and oxygen atoms in total. The second-order valence-corrected chi connectivity index (χ2v) is 3.92. The average Bonchev–Trinajstić information content (AvgIpc) is 2.65. The summed E-state index contributed by atoms with van der Waals surface area (Å²) in [4.78, 5) is 2.35. The van der Waals surface area contributed by atoms with Crippen molar-refractivity contribution in [2.45, 2.75) is 18.9 Å². The second kappa shape index (κ2) is 4.00. The number of nitrogens with zero attached hydrogens (tertiary/aromatic N) is 3. The lowest BCUT2D eigenvalue weighted by Crippen LogP contribution is -2.44. The maximum absolute atomic E-state index is 4.42. The molecule has 0 spiro atoms. The van der Waals surface area contributed by atoms with Crippen molar-refractivity contribution in [2.75, 3.05) is 25.0 Å². The topological polar surface area (TPSA) is 33.1 Å². The minimum atomic E-state index is 0.616. The van der Waals surface area contributed by atoms with Crippen LogP contribution >= 0.6 is 0 Å². The molecule has 1 N–H and O–H groups in total. The number of hydrogen-bond acceptors (Lipinski definition) is 3. The van der Waals surface area contributed by atoms with Gasteiger partial charge >= 0.3 is 0 Å². The van der Waals surface area contributed by atoms with Crippen LogP contribution in [-0.2, 0) is 7.05 Å². The van der Waals surface area contributed by atoms with E-state index in [0.717, 1.165) is 18.9 Å². The summed E-state index contributed by atoms with van der Waals surface area (Å²) in [5.41, 5.74) is 0. The number of rotatable bonds is 2. The van der Waals surface area contributed by atoms with E-state index in [1.807, 2.05) is 25.0 Å². The monoisotopic (exact) mass is 194 g/mol. The molecule has 0 saturated carbocycles. The molecule has 2 heterocycles. The smallest absolute Gasteiger partial charge is 0.150 e. The van der Waals surface area contributed by atoms with Crippen molar-refractivity contribution in [1.29, 1.82) is 0 Å². The largest absolute Gasteiger partial charge is 0.354 e. The van der Waals surface area contributed by atoms with Gasteiger partial charge < -0.3 is 10.2 Å². The van der Waals surface area contributed by atoms with Gasteiger partial charge in [-0.2, -0.15) is 5.10 Å². The van der Waals surface area contributed by atoms with Crippen molar-refractivity contribution in [3.63, 3.8) is 0 Å². The Kier molecular flexibility index (Phi) is 2.72. The Hall–Kier alpha value is -1.03. The Morgan fingerprint density at radius 1 is 1.57 bits per heavy atom. The molecule has 1 unspecified atom stereocenters. The van der Waals surface area contributed by atoms with E-state index in [1.165, 1.54) is 12.8 Å². The quantitative estimate of drug-likeness (QED) is 0.749. The molecule has 0 aromatic carbocycles. The van der Waals surface area contributed by atoms with Gasteiger partial charge in [-0.05, 0) is 19.9 Å². The molecule has 1 fully saturated rings. The number of likely N-dealkylation sites (N-methyl/N-ethyl adjacent to an activating group) is 1. The molecule has 1 atom stereocenters. The first-order valence-electron chi connectivity index (χ1n) is 5.21. The van der Waals surface area contributed by atoms with Gasteiger partial charge in [0.15, 0.2) is 5.82 Å². The van der Waals surface area contributed by atoms with E-state index in [-0.39, 0.29) is 0 Å². The molecule has 1 saturated heterocycles. The van der Waals surface area contributed by atoms with Gasteiger partial charge in [0, 0.05) is 38.4 Å². The predicted molar refractivity (Wildman–Crippen MR) is 57.5 cm³/mol. The lowest BCUT2D eigenvalue weighted by molar-refractivity contribution is 0.447. The SMILES string of the molecule is CNC1CCCN(c2ccn(C)n2)C1. The van der Waals surface area contributed by atoms with Crippen LogP contribution in [0.25, 0.3) is 0 Å². The fraction of sp³-hybridized carbons (Fsp3) is 0.700. The lowest BCUT2D eigenvalue weighted by atomic mass is 10.1. The van der Waals surface area contributed by atoms with Crippen LogP contribution in [0.1, 0.15) is 12.8 Å². The Morgan fingerprint density at radius 2 is 2.43 bits per heavy atom. The zero-order valence-electron chi connectivity index (χ0n) is 8.90. The molecule has 4 heteroatoms. The molecule has 2 rings (SSSR count). The highest BCUT2D eigenvalue weighted by Crippen LogP contribution is 2.17. The van der Waals surface area contributed by atoms with Crippen molar-refractivity contribution in [2.24, 2.45) is 7.05 Å². The van der Waals surface area contributed by atoms with Gasteiger partial charge in [0.05, 0.1) is 0 Å². The zero-order chi connectivity index (χ0) is 9.97. The van der Waals surface area contributed by atoms with Gasteiger partial charge in [-0.1, -0.05) is 0 Å². The molecule has 0 bridgehead atoms. The Labute approximate surface area is 84.9 Å². The van der Waals surface area contributed by atoms with Crippen LogP contribution in [0.3, 0.4) is 0 Å². The van der Waals surface area contributed by atoms with Crippen molar-refractivity contribution in [3.8, 4) is 0 Å². The van der Waals surface area contributed by atoms with Gasteiger partial charge in [0.2, 0.25) is 0 Å². The van der Waals surface area contributed by atoms with Gasteiger partial charge in [0.25, 0.3) is 0 Å². The minimum Gasteiger partial charge on any atom is -0.354 e. The molecule has 0 aliphatic carbocycles. The zero-order valence-corrected chi connectivity index (χ0v) is 8.90. The van der Waals surface area contributed by atoms with E-state index in [1.54, 1.807) is 0 Å². The third kappa shape index (κ3) is 1.90. The third-order valence-corrected chi connectivity index (χ3v) is 2.85. The molecular formula is C10H18N4. The number of nitrogens with one attached hydrogen (secondary N) is 1. The third-order valence-electron chi connectivity index (χ3n) is 2.85. The highest BCUT2D eigenvalue weighted by molar-refractivity contribution is 5.37. The van der Waals surface area contributed by atoms with Crippen molar-refractivity contribution in [1.82, 2.24) is 15.1 Å². The molecule has 1 aromatic rings. The first-order valence-corrected chi connectivity index (χ1v) is 5.21. The maximum Gasteiger partial charge on any atom is 0.150 e. The van der Waals surface area contributed by atoms with E-state index in [2.05, 4.69) is 21.4 Å². The first kappa shape index (κ1) is 9.52. The minimum absolute atomic E-state index is 0.616. The second-order valence-electron chi connectivity index (χ2n) is 3.92. The van der Waals surface area contributed by atoms with Crippen LogP contribution in [-0.4, -0.2) is 36.0 Å². The van der Waals surface area contributed by atoms with Crippen molar-refractivity contribution in [3.05, 3.63) is 12.3 Å².